The maximum atomic E-state index is 13.8. The summed E-state index contributed by atoms with van der Waals surface area (Å²) in [6.45, 7) is 2.86. The van der Waals surface area contributed by atoms with Gasteiger partial charge in [0.1, 0.15) is 0 Å². The topological polar surface area (TPSA) is 42.0 Å². The Balaban J connectivity index is 1.49. The van der Waals surface area contributed by atoms with Gasteiger partial charge in [-0.1, -0.05) is 37.1 Å². The van der Waals surface area contributed by atoms with Crippen LogP contribution in [0.4, 0.5) is 5.69 Å². The van der Waals surface area contributed by atoms with Crippen LogP contribution in [-0.2, 0) is 10.2 Å². The number of methoxy groups -OCH3 is 2. The molecule has 1 aliphatic carbocycles. The molecule has 2 aliphatic rings. The molecule has 1 heterocycles. The molecule has 166 valence electrons. The third-order valence-corrected chi connectivity index (χ3v) is 7.09. The molecule has 0 radical (unpaired) electrons. The van der Waals surface area contributed by atoms with Gasteiger partial charge in [0.15, 0.2) is 11.5 Å². The Morgan fingerprint density at radius 2 is 1.77 bits per heavy atom. The zero-order valence-electron chi connectivity index (χ0n) is 19.0. The molecule has 0 aromatic heterocycles. The molecule has 1 atom stereocenters. The van der Waals surface area contributed by atoms with E-state index in [4.69, 9.17) is 9.47 Å². The van der Waals surface area contributed by atoms with E-state index in [0.29, 0.717) is 17.4 Å². The van der Waals surface area contributed by atoms with E-state index in [2.05, 4.69) is 35.2 Å². The van der Waals surface area contributed by atoms with E-state index in [-0.39, 0.29) is 5.91 Å². The number of likely N-dealkylation sites (N-methyl/N-ethyl adjacent to an activating group) is 1. The minimum atomic E-state index is -0.452. The number of rotatable bonds is 7. The Bertz CT molecular complexity index is 893. The molecular formula is C26H34N2O3. The Morgan fingerprint density at radius 3 is 2.45 bits per heavy atom. The largest absolute Gasteiger partial charge is 0.493 e. The van der Waals surface area contributed by atoms with Crippen LogP contribution >= 0.6 is 0 Å². The second-order valence-corrected chi connectivity index (χ2v) is 8.98. The van der Waals surface area contributed by atoms with Crippen LogP contribution in [0.2, 0.25) is 0 Å². The van der Waals surface area contributed by atoms with E-state index in [1.165, 1.54) is 5.69 Å². The Morgan fingerprint density at radius 1 is 1.06 bits per heavy atom. The predicted octanol–water partition coefficient (Wildman–Crippen LogP) is 4.50. The van der Waals surface area contributed by atoms with Crippen molar-refractivity contribution in [1.29, 1.82) is 0 Å². The second kappa shape index (κ2) is 9.21. The molecule has 2 fully saturated rings. The van der Waals surface area contributed by atoms with Crippen LogP contribution in [0.1, 0.15) is 37.7 Å². The summed E-state index contributed by atoms with van der Waals surface area (Å²) in [5.41, 5.74) is 1.87. The number of carbonyl (C=O) groups is 1. The minimum absolute atomic E-state index is 0.246. The monoisotopic (exact) mass is 422 g/mol. The van der Waals surface area contributed by atoms with Gasteiger partial charge in [0.05, 0.1) is 19.6 Å². The normalized spacial score (nSPS) is 20.0. The highest BCUT2D eigenvalue weighted by molar-refractivity contribution is 5.88. The van der Waals surface area contributed by atoms with Gasteiger partial charge < -0.3 is 19.3 Å². The van der Waals surface area contributed by atoms with E-state index >= 15 is 0 Å². The molecule has 1 amide bonds. The molecule has 1 unspecified atom stereocenters. The first-order chi connectivity index (χ1) is 15.1. The van der Waals surface area contributed by atoms with Gasteiger partial charge in [-0.05, 0) is 55.0 Å². The number of para-hydroxylation sites is 1. The van der Waals surface area contributed by atoms with Gasteiger partial charge in [-0.15, -0.1) is 0 Å². The maximum Gasteiger partial charge on any atom is 0.232 e. The highest BCUT2D eigenvalue weighted by atomic mass is 16.5. The van der Waals surface area contributed by atoms with Crippen LogP contribution in [0, 0.1) is 5.92 Å². The fourth-order valence-corrected chi connectivity index (χ4v) is 5.43. The van der Waals surface area contributed by atoms with Crippen molar-refractivity contribution in [3.05, 3.63) is 54.1 Å². The smallest absolute Gasteiger partial charge is 0.232 e. The van der Waals surface area contributed by atoms with Crippen molar-refractivity contribution >= 4 is 11.6 Å². The number of benzene rings is 2. The Labute approximate surface area is 185 Å². The van der Waals surface area contributed by atoms with Crippen molar-refractivity contribution in [1.82, 2.24) is 4.90 Å². The van der Waals surface area contributed by atoms with E-state index < -0.39 is 5.41 Å². The summed E-state index contributed by atoms with van der Waals surface area (Å²) in [5, 5.41) is 0. The van der Waals surface area contributed by atoms with E-state index in [0.717, 1.165) is 57.3 Å². The van der Waals surface area contributed by atoms with E-state index in [1.54, 1.807) is 14.2 Å². The van der Waals surface area contributed by atoms with Crippen molar-refractivity contribution in [2.75, 3.05) is 45.8 Å². The van der Waals surface area contributed by atoms with Gasteiger partial charge >= 0.3 is 0 Å². The van der Waals surface area contributed by atoms with Gasteiger partial charge in [0.2, 0.25) is 5.91 Å². The minimum Gasteiger partial charge on any atom is -0.493 e. The van der Waals surface area contributed by atoms with Gasteiger partial charge in [-0.25, -0.2) is 0 Å². The molecule has 1 saturated heterocycles. The predicted molar refractivity (Wildman–Crippen MR) is 124 cm³/mol. The van der Waals surface area contributed by atoms with Crippen molar-refractivity contribution in [2.45, 2.75) is 37.5 Å². The molecule has 0 spiro atoms. The van der Waals surface area contributed by atoms with Crippen molar-refractivity contribution < 1.29 is 14.3 Å². The van der Waals surface area contributed by atoms with Crippen molar-refractivity contribution in [3.63, 3.8) is 0 Å². The Kier molecular flexibility index (Phi) is 6.40. The zero-order chi connectivity index (χ0) is 21.8. The third-order valence-electron chi connectivity index (χ3n) is 7.09. The van der Waals surface area contributed by atoms with Crippen molar-refractivity contribution in [3.8, 4) is 11.5 Å². The van der Waals surface area contributed by atoms with Crippen molar-refractivity contribution in [2.24, 2.45) is 5.92 Å². The summed E-state index contributed by atoms with van der Waals surface area (Å²) in [6.07, 6.45) is 5.08. The first kappa shape index (κ1) is 21.5. The first-order valence-corrected chi connectivity index (χ1v) is 11.4. The molecule has 0 N–H and O–H groups in total. The molecule has 2 aromatic carbocycles. The van der Waals surface area contributed by atoms with Gasteiger partial charge in [0.25, 0.3) is 0 Å². The van der Waals surface area contributed by atoms with Crippen LogP contribution in [0.25, 0.3) is 0 Å². The lowest BCUT2D eigenvalue weighted by Crippen LogP contribution is -2.45. The molecule has 4 rings (SSSR count). The van der Waals surface area contributed by atoms with Gasteiger partial charge in [-0.2, -0.15) is 0 Å². The molecule has 0 bridgehead atoms. The van der Waals surface area contributed by atoms with Gasteiger partial charge in [-0.3, -0.25) is 4.79 Å². The number of ether oxygens (including phenoxy) is 2. The van der Waals surface area contributed by atoms with Crippen LogP contribution in [0.15, 0.2) is 48.5 Å². The molecule has 5 heteroatoms. The summed E-state index contributed by atoms with van der Waals surface area (Å²) in [6, 6.07) is 16.5. The quantitative estimate of drug-likeness (QED) is 0.659. The molecule has 1 saturated carbocycles. The van der Waals surface area contributed by atoms with Crippen LogP contribution in [0.3, 0.4) is 0 Å². The standard InChI is InChI=1S/C26H34N2O3/c1-27(18-20-13-16-28(19-20)22-9-5-4-6-10-22)25(29)26(14-7-8-15-26)21-11-12-23(30-2)24(17-21)31-3/h4-6,9-12,17,20H,7-8,13-16,18-19H2,1-3H3. The van der Waals surface area contributed by atoms with E-state index in [1.807, 2.05) is 30.1 Å². The lowest BCUT2D eigenvalue weighted by atomic mass is 9.77. The molecule has 2 aromatic rings. The highest BCUT2D eigenvalue weighted by Gasteiger charge is 2.45. The van der Waals surface area contributed by atoms with Gasteiger partial charge in [0, 0.05) is 32.4 Å². The lowest BCUT2D eigenvalue weighted by molar-refractivity contribution is -0.136. The fourth-order valence-electron chi connectivity index (χ4n) is 5.43. The van der Waals surface area contributed by atoms with Crippen LogP contribution in [-0.4, -0.2) is 51.7 Å². The SMILES string of the molecule is COc1ccc(C2(C(=O)N(C)CC3CCN(c4ccccc4)C3)CCCC2)cc1OC. The molecule has 5 nitrogen and oxygen atoms in total. The summed E-state index contributed by atoms with van der Waals surface area (Å²) in [4.78, 5) is 18.2. The zero-order valence-corrected chi connectivity index (χ0v) is 19.0. The fraction of sp³-hybridized carbons (Fsp3) is 0.500. The maximum absolute atomic E-state index is 13.8. The number of hydrogen-bond acceptors (Lipinski definition) is 4. The molecule has 1 aliphatic heterocycles. The average Bonchev–Trinajstić information content (AvgIpc) is 3.49. The summed E-state index contributed by atoms with van der Waals surface area (Å²) >= 11 is 0. The van der Waals surface area contributed by atoms with Crippen LogP contribution < -0.4 is 14.4 Å². The highest BCUT2D eigenvalue weighted by Crippen LogP contribution is 2.45. The Hall–Kier alpha value is -2.69. The molecular weight excluding hydrogens is 388 g/mol. The molecule has 31 heavy (non-hydrogen) atoms. The summed E-state index contributed by atoms with van der Waals surface area (Å²) < 4.78 is 10.9. The van der Waals surface area contributed by atoms with E-state index in [9.17, 15) is 4.79 Å². The summed E-state index contributed by atoms with van der Waals surface area (Å²) in [5.74, 6) is 2.14. The second-order valence-electron chi connectivity index (χ2n) is 8.98. The lowest BCUT2D eigenvalue weighted by Gasteiger charge is -2.34. The third kappa shape index (κ3) is 4.23. The number of carbonyl (C=O) groups excluding carboxylic acids is 1. The average molecular weight is 423 g/mol. The number of hydrogen-bond donors (Lipinski definition) is 0. The number of amides is 1. The number of nitrogens with zero attached hydrogens (tertiary/aromatic N) is 2. The number of anilines is 1. The summed E-state index contributed by atoms with van der Waals surface area (Å²) in [7, 11) is 5.27. The van der Waals surface area contributed by atoms with Crippen LogP contribution in [0.5, 0.6) is 11.5 Å². The first-order valence-electron chi connectivity index (χ1n) is 11.4.